The number of methoxy groups -OCH3 is 1. The van der Waals surface area contributed by atoms with Gasteiger partial charge in [0.25, 0.3) is 0 Å². The number of para-hydroxylation sites is 1. The summed E-state index contributed by atoms with van der Waals surface area (Å²) in [5.41, 5.74) is 0.933. The predicted octanol–water partition coefficient (Wildman–Crippen LogP) is 3.42. The zero-order valence-electron chi connectivity index (χ0n) is 18.0. The quantitative estimate of drug-likeness (QED) is 0.809. The smallest absolute Gasteiger partial charge is 0.227 e. The molecule has 6 rings (SSSR count). The Bertz CT molecular complexity index is 771. The summed E-state index contributed by atoms with van der Waals surface area (Å²) in [5.74, 6) is 4.52. The van der Waals surface area contributed by atoms with Gasteiger partial charge in [-0.25, -0.2) is 0 Å². The summed E-state index contributed by atoms with van der Waals surface area (Å²) in [6.07, 6.45) is 8.62. The fourth-order valence-electron chi connectivity index (χ4n) is 7.05. The number of hydrogen-bond acceptors (Lipinski definition) is 3. The second kappa shape index (κ2) is 8.24. The molecule has 0 atom stereocenters. The molecule has 4 aliphatic carbocycles. The molecule has 30 heavy (non-hydrogen) atoms. The lowest BCUT2D eigenvalue weighted by Gasteiger charge is -2.53. The molecule has 0 unspecified atom stereocenters. The van der Waals surface area contributed by atoms with Gasteiger partial charge in [0.2, 0.25) is 11.8 Å². The molecule has 0 radical (unpaired) electrons. The van der Waals surface area contributed by atoms with Gasteiger partial charge < -0.3 is 15.0 Å². The van der Waals surface area contributed by atoms with Crippen molar-refractivity contribution in [2.75, 3.05) is 20.2 Å². The zero-order chi connectivity index (χ0) is 20.7. The molecule has 1 N–H and O–H groups in total. The highest BCUT2D eigenvalue weighted by Crippen LogP contribution is 2.56. The Morgan fingerprint density at radius 3 is 2.27 bits per heavy atom. The first kappa shape index (κ1) is 19.9. The van der Waals surface area contributed by atoms with Crippen LogP contribution in [0, 0.1) is 29.6 Å². The van der Waals surface area contributed by atoms with Crippen LogP contribution in [0.3, 0.4) is 0 Å². The predicted molar refractivity (Wildman–Crippen MR) is 115 cm³/mol. The van der Waals surface area contributed by atoms with Crippen molar-refractivity contribution in [3.05, 3.63) is 29.8 Å². The van der Waals surface area contributed by atoms with Crippen molar-refractivity contribution in [3.63, 3.8) is 0 Å². The topological polar surface area (TPSA) is 58.6 Å². The van der Waals surface area contributed by atoms with Gasteiger partial charge in [-0.15, -0.1) is 0 Å². The molecule has 0 aromatic heterocycles. The van der Waals surface area contributed by atoms with E-state index >= 15 is 0 Å². The Morgan fingerprint density at radius 2 is 1.63 bits per heavy atom. The van der Waals surface area contributed by atoms with Crippen molar-refractivity contribution in [2.24, 2.45) is 29.6 Å². The van der Waals surface area contributed by atoms with E-state index in [4.69, 9.17) is 4.74 Å². The van der Waals surface area contributed by atoms with E-state index in [0.29, 0.717) is 24.2 Å². The lowest BCUT2D eigenvalue weighted by molar-refractivity contribution is -0.139. The van der Waals surface area contributed by atoms with Gasteiger partial charge in [0.15, 0.2) is 0 Å². The third-order valence-electron chi connectivity index (χ3n) is 8.26. The number of rotatable bonds is 5. The molecule has 5 heteroatoms. The number of nitrogens with zero attached hydrogens (tertiary/aromatic N) is 1. The summed E-state index contributed by atoms with van der Waals surface area (Å²) in [6.45, 7) is 1.45. The molecule has 0 spiro atoms. The van der Waals surface area contributed by atoms with Gasteiger partial charge in [0, 0.05) is 30.6 Å². The van der Waals surface area contributed by atoms with E-state index in [9.17, 15) is 9.59 Å². The molecule has 5 aliphatic rings. The number of hydrogen-bond donors (Lipinski definition) is 1. The van der Waals surface area contributed by atoms with Gasteiger partial charge >= 0.3 is 0 Å². The minimum Gasteiger partial charge on any atom is -0.496 e. The monoisotopic (exact) mass is 410 g/mol. The Hall–Kier alpha value is -2.04. The van der Waals surface area contributed by atoms with Crippen LogP contribution < -0.4 is 10.1 Å². The normalized spacial score (nSPS) is 32.8. The lowest BCUT2D eigenvalue weighted by Crippen LogP contribution is -2.54. The first-order chi connectivity index (χ1) is 14.6. The number of benzene rings is 1. The first-order valence-corrected chi connectivity index (χ1v) is 11.8. The Morgan fingerprint density at radius 1 is 1.00 bits per heavy atom. The van der Waals surface area contributed by atoms with E-state index < -0.39 is 0 Å². The highest BCUT2D eigenvalue weighted by Gasteiger charge is 2.50. The average molecular weight is 411 g/mol. The molecule has 1 aromatic rings. The Balaban J connectivity index is 1.12. The van der Waals surface area contributed by atoms with Crippen LogP contribution in [-0.4, -0.2) is 43.0 Å². The van der Waals surface area contributed by atoms with Gasteiger partial charge in [-0.2, -0.15) is 0 Å². The highest BCUT2D eigenvalue weighted by atomic mass is 16.5. The molecule has 1 aromatic carbocycles. The van der Waals surface area contributed by atoms with E-state index in [2.05, 4.69) is 5.32 Å². The molecule has 5 nitrogen and oxygen atoms in total. The molecule has 4 saturated carbocycles. The van der Waals surface area contributed by atoms with E-state index in [1.165, 1.54) is 32.1 Å². The van der Waals surface area contributed by atoms with Gasteiger partial charge in [-0.1, -0.05) is 18.2 Å². The maximum Gasteiger partial charge on any atom is 0.227 e. The second-order valence-corrected chi connectivity index (χ2v) is 10.1. The van der Waals surface area contributed by atoms with Crippen LogP contribution in [0.5, 0.6) is 5.75 Å². The van der Waals surface area contributed by atoms with E-state index in [-0.39, 0.29) is 17.9 Å². The third-order valence-corrected chi connectivity index (χ3v) is 8.26. The summed E-state index contributed by atoms with van der Waals surface area (Å²) >= 11 is 0. The van der Waals surface area contributed by atoms with Crippen molar-refractivity contribution in [3.8, 4) is 5.75 Å². The van der Waals surface area contributed by atoms with Crippen molar-refractivity contribution in [1.82, 2.24) is 10.2 Å². The van der Waals surface area contributed by atoms with Crippen molar-refractivity contribution in [1.29, 1.82) is 0 Å². The minimum atomic E-state index is 0.144. The van der Waals surface area contributed by atoms with Gasteiger partial charge in [-0.05, 0) is 74.7 Å². The van der Waals surface area contributed by atoms with Crippen molar-refractivity contribution < 1.29 is 14.3 Å². The maximum atomic E-state index is 13.1. The fraction of sp³-hybridized carbons (Fsp3) is 0.680. The average Bonchev–Trinajstić information content (AvgIpc) is 2.74. The van der Waals surface area contributed by atoms with E-state index in [1.54, 1.807) is 7.11 Å². The number of likely N-dealkylation sites (tertiary alicyclic amines) is 1. The number of piperidine rings is 1. The van der Waals surface area contributed by atoms with Crippen molar-refractivity contribution >= 4 is 11.8 Å². The number of ether oxygens (including phenoxy) is 1. The number of amides is 2. The Kier molecular flexibility index (Phi) is 5.46. The Labute approximate surface area is 179 Å². The van der Waals surface area contributed by atoms with Crippen LogP contribution in [0.15, 0.2) is 24.3 Å². The van der Waals surface area contributed by atoms with E-state index in [1.807, 2.05) is 29.2 Å². The molecular weight excluding hydrogens is 376 g/mol. The van der Waals surface area contributed by atoms with Crippen molar-refractivity contribution in [2.45, 2.75) is 57.4 Å². The molecule has 4 bridgehead atoms. The van der Waals surface area contributed by atoms with Crippen LogP contribution in [0.2, 0.25) is 0 Å². The van der Waals surface area contributed by atoms with Crippen LogP contribution in [0.4, 0.5) is 0 Å². The largest absolute Gasteiger partial charge is 0.496 e. The molecule has 1 aliphatic heterocycles. The summed E-state index contributed by atoms with van der Waals surface area (Å²) in [6, 6.07) is 7.93. The third kappa shape index (κ3) is 3.83. The van der Waals surface area contributed by atoms with Crippen LogP contribution in [0.1, 0.15) is 50.5 Å². The second-order valence-electron chi connectivity index (χ2n) is 10.1. The summed E-state index contributed by atoms with van der Waals surface area (Å²) in [5, 5.41) is 3.38. The molecule has 2 amide bonds. The first-order valence-electron chi connectivity index (χ1n) is 11.8. The molecular formula is C25H34N2O3. The SMILES string of the molecule is COc1ccccc1CC(=O)N1CCC(NC(=O)C2C3CC4CC(C3)CC2C4)CC1. The highest BCUT2D eigenvalue weighted by molar-refractivity contribution is 5.81. The summed E-state index contributed by atoms with van der Waals surface area (Å²) < 4.78 is 5.37. The van der Waals surface area contributed by atoms with E-state index in [0.717, 1.165) is 49.1 Å². The lowest BCUT2D eigenvalue weighted by atomic mass is 9.51. The standard InChI is InChI=1S/C25H34N2O3/c1-30-22-5-3-2-4-18(22)15-23(28)27-8-6-21(7-9-27)26-25(29)24-19-11-16-10-17(13-19)14-20(24)12-16/h2-5,16-17,19-21,24H,6-15H2,1H3,(H,26,29). The summed E-state index contributed by atoms with van der Waals surface area (Å²) in [7, 11) is 1.64. The molecule has 1 saturated heterocycles. The summed E-state index contributed by atoms with van der Waals surface area (Å²) in [4.78, 5) is 27.8. The fourth-order valence-corrected chi connectivity index (χ4v) is 7.05. The number of carbonyl (C=O) groups excluding carboxylic acids is 2. The molecule has 162 valence electrons. The van der Waals surface area contributed by atoms with Gasteiger partial charge in [0.1, 0.15) is 5.75 Å². The van der Waals surface area contributed by atoms with Gasteiger partial charge in [-0.3, -0.25) is 9.59 Å². The maximum absolute atomic E-state index is 13.1. The minimum absolute atomic E-state index is 0.144. The molecule has 1 heterocycles. The molecule has 5 fully saturated rings. The van der Waals surface area contributed by atoms with Crippen LogP contribution in [0.25, 0.3) is 0 Å². The number of carbonyl (C=O) groups is 2. The van der Waals surface area contributed by atoms with Gasteiger partial charge in [0.05, 0.1) is 13.5 Å². The number of nitrogens with one attached hydrogen (secondary N) is 1. The zero-order valence-corrected chi connectivity index (χ0v) is 18.0. The van der Waals surface area contributed by atoms with Crippen LogP contribution in [-0.2, 0) is 16.0 Å². The van der Waals surface area contributed by atoms with Crippen LogP contribution >= 0.6 is 0 Å².